The van der Waals surface area contributed by atoms with Crippen LogP contribution in [0.1, 0.15) is 82.0 Å². The van der Waals surface area contributed by atoms with Crippen LogP contribution in [0.3, 0.4) is 0 Å². The van der Waals surface area contributed by atoms with E-state index in [-0.39, 0.29) is 24.1 Å². The van der Waals surface area contributed by atoms with Crippen molar-refractivity contribution in [2.75, 3.05) is 0 Å². The van der Waals surface area contributed by atoms with Crippen molar-refractivity contribution in [3.63, 3.8) is 0 Å². The maximum absolute atomic E-state index is 12.1. The fraction of sp³-hybridized carbons (Fsp3) is 0.267. The minimum Gasteiger partial charge on any atom is -0.489 e. The predicted molar refractivity (Wildman–Crippen MR) is 279 cm³/mol. The molecule has 0 spiro atoms. The molecule has 8 aromatic rings. The van der Waals surface area contributed by atoms with Crippen molar-refractivity contribution < 1.29 is 33.3 Å². The Hall–Kier alpha value is -7.23. The summed E-state index contributed by atoms with van der Waals surface area (Å²) in [5.41, 5.74) is 6.67. The molecule has 0 amide bonds. The molecular weight excluding hydrogens is 896 g/mol. The second kappa shape index (κ2) is 25.4. The number of hydrogen-bond donors (Lipinski definition) is 0. The number of rotatable bonds is 22. The predicted octanol–water partition coefficient (Wildman–Crippen LogP) is 14.4. The van der Waals surface area contributed by atoms with Crippen LogP contribution in [-0.4, -0.2) is 27.6 Å². The molecule has 360 valence electrons. The molecule has 8 rings (SSSR count). The van der Waals surface area contributed by atoms with Crippen LogP contribution in [0.25, 0.3) is 21.8 Å². The third-order valence-corrected chi connectivity index (χ3v) is 11.9. The van der Waals surface area contributed by atoms with Gasteiger partial charge in [0.25, 0.3) is 0 Å². The third-order valence-electron chi connectivity index (χ3n) is 11.6. The number of para-hydroxylation sites is 3. The quantitative estimate of drug-likeness (QED) is 0.0656. The van der Waals surface area contributed by atoms with Crippen molar-refractivity contribution in [3.8, 4) is 28.7 Å². The molecule has 0 saturated carbocycles. The summed E-state index contributed by atoms with van der Waals surface area (Å²) >= 11 is 6.44. The monoisotopic (exact) mass is 956 g/mol. The first-order chi connectivity index (χ1) is 34.0. The van der Waals surface area contributed by atoms with Crippen LogP contribution in [0.2, 0.25) is 5.02 Å². The van der Waals surface area contributed by atoms with Gasteiger partial charge in [0.15, 0.2) is 11.9 Å². The van der Waals surface area contributed by atoms with Crippen molar-refractivity contribution >= 4 is 45.0 Å². The van der Waals surface area contributed by atoms with Crippen molar-refractivity contribution in [2.24, 2.45) is 11.8 Å². The van der Waals surface area contributed by atoms with Gasteiger partial charge in [0, 0.05) is 34.4 Å². The Kier molecular flexibility index (Phi) is 18.4. The molecule has 2 unspecified atom stereocenters. The summed E-state index contributed by atoms with van der Waals surface area (Å²) in [4.78, 5) is 33.4. The van der Waals surface area contributed by atoms with Gasteiger partial charge in [-0.05, 0) is 105 Å². The molecule has 9 nitrogen and oxygen atoms in total. The van der Waals surface area contributed by atoms with E-state index in [4.69, 9.17) is 35.3 Å². The molecule has 2 atom stereocenters. The number of Topliss-reactive ketones (excluding diaryl/α,β-unsaturated/α-hetero) is 2. The van der Waals surface area contributed by atoms with Gasteiger partial charge in [-0.3, -0.25) is 9.59 Å². The van der Waals surface area contributed by atoms with Gasteiger partial charge in [0.2, 0.25) is 0 Å². The molecule has 0 radical (unpaired) electrons. The molecule has 2 aromatic heterocycles. The van der Waals surface area contributed by atoms with Crippen LogP contribution in [0.4, 0.5) is 0 Å². The van der Waals surface area contributed by atoms with Gasteiger partial charge in [-0.2, -0.15) is 0 Å². The summed E-state index contributed by atoms with van der Waals surface area (Å²) in [6.07, 6.45) is 2.79. The van der Waals surface area contributed by atoms with Crippen molar-refractivity contribution in [1.82, 2.24) is 9.97 Å². The SMILES string of the molecule is CC(=O)C(CC(C)C)Oc1c(Cl)cccc1COc1cccc(OCc2ccc3ccccc3n2)c1.CCCC(Cc1cccc(COc2cccc(OCc3ccc4ccccc4n3)c2)c1)C(C)=O. The Bertz CT molecular complexity index is 2990. The maximum atomic E-state index is 12.1. The van der Waals surface area contributed by atoms with E-state index >= 15 is 0 Å². The van der Waals surface area contributed by atoms with Gasteiger partial charge in [-0.1, -0.05) is 136 Å². The lowest BCUT2D eigenvalue weighted by Gasteiger charge is -2.21. The number of ketones is 2. The second-order valence-corrected chi connectivity index (χ2v) is 18.2. The zero-order valence-electron chi connectivity index (χ0n) is 40.6. The number of nitrogens with zero attached hydrogens (tertiary/aromatic N) is 2. The molecule has 70 heavy (non-hydrogen) atoms. The fourth-order valence-corrected chi connectivity index (χ4v) is 8.16. The second-order valence-electron chi connectivity index (χ2n) is 17.8. The largest absolute Gasteiger partial charge is 0.489 e. The zero-order valence-corrected chi connectivity index (χ0v) is 41.4. The molecule has 0 fully saturated rings. The Morgan fingerprint density at radius 1 is 0.543 bits per heavy atom. The number of carbonyl (C=O) groups excluding carboxylic acids is 2. The Morgan fingerprint density at radius 2 is 1.06 bits per heavy atom. The lowest BCUT2D eigenvalue weighted by atomic mass is 9.91. The first-order valence-corrected chi connectivity index (χ1v) is 24.3. The zero-order chi connectivity index (χ0) is 49.2. The van der Waals surface area contributed by atoms with E-state index in [1.807, 2.05) is 127 Å². The van der Waals surface area contributed by atoms with Gasteiger partial charge in [0.05, 0.1) is 27.4 Å². The summed E-state index contributed by atoms with van der Waals surface area (Å²) in [5, 5.41) is 2.67. The average molecular weight is 958 g/mol. The van der Waals surface area contributed by atoms with E-state index in [1.54, 1.807) is 19.9 Å². The van der Waals surface area contributed by atoms with E-state index in [0.717, 1.165) is 75.1 Å². The molecular formula is C60H61ClN2O7. The Balaban J connectivity index is 0.000000207. The summed E-state index contributed by atoms with van der Waals surface area (Å²) in [5.74, 6) is 3.94. The van der Waals surface area contributed by atoms with Crippen molar-refractivity contribution in [2.45, 2.75) is 92.8 Å². The van der Waals surface area contributed by atoms with E-state index in [9.17, 15) is 9.59 Å². The molecule has 0 aliphatic carbocycles. The molecule has 10 heteroatoms. The van der Waals surface area contributed by atoms with Crippen LogP contribution in [-0.2, 0) is 42.4 Å². The molecule has 6 aromatic carbocycles. The number of benzene rings is 6. The number of hydrogen-bond acceptors (Lipinski definition) is 9. The summed E-state index contributed by atoms with van der Waals surface area (Å²) < 4.78 is 30.1. The van der Waals surface area contributed by atoms with Crippen molar-refractivity contribution in [1.29, 1.82) is 0 Å². The Labute approximate surface area is 416 Å². The lowest BCUT2D eigenvalue weighted by molar-refractivity contribution is -0.124. The number of ether oxygens (including phenoxy) is 5. The van der Waals surface area contributed by atoms with Crippen LogP contribution in [0.5, 0.6) is 28.7 Å². The highest BCUT2D eigenvalue weighted by molar-refractivity contribution is 6.32. The van der Waals surface area contributed by atoms with Crippen LogP contribution in [0, 0.1) is 11.8 Å². The molecule has 0 saturated heterocycles. The van der Waals surface area contributed by atoms with E-state index < -0.39 is 6.10 Å². The van der Waals surface area contributed by atoms with Crippen LogP contribution in [0.15, 0.2) is 164 Å². The first kappa shape index (κ1) is 50.6. The number of carbonyl (C=O) groups is 2. The number of fused-ring (bicyclic) bond motifs is 2. The maximum Gasteiger partial charge on any atom is 0.170 e. The molecule has 0 N–H and O–H groups in total. The molecule has 2 heterocycles. The average Bonchev–Trinajstić information content (AvgIpc) is 3.37. The van der Waals surface area contributed by atoms with Gasteiger partial charge in [0.1, 0.15) is 61.0 Å². The third kappa shape index (κ3) is 15.1. The summed E-state index contributed by atoms with van der Waals surface area (Å²) in [7, 11) is 0. The van der Waals surface area contributed by atoms with Gasteiger partial charge in [-0.15, -0.1) is 0 Å². The van der Waals surface area contributed by atoms with E-state index in [1.165, 1.54) is 5.56 Å². The van der Waals surface area contributed by atoms with Gasteiger partial charge >= 0.3 is 0 Å². The molecule has 0 aliphatic rings. The molecule has 0 aliphatic heterocycles. The van der Waals surface area contributed by atoms with Gasteiger partial charge < -0.3 is 23.7 Å². The standard InChI is InChI=1S/C30H30ClNO4.C30H31NO3/c1-20(2)16-29(21(3)33)36-30-23(9-6-12-27(30)31)18-34-25-10-7-11-26(17-25)35-19-24-15-14-22-8-4-5-13-28(22)32-24;1-3-8-26(22(2)32)18-23-9-6-10-24(17-23)20-33-28-12-7-13-29(19-28)34-21-27-16-15-25-11-4-5-14-30(25)31-27/h4-15,17,20,29H,16,18-19H2,1-3H3;4-7,9-17,19,26H,3,8,18,20-21H2,1-2H3. The lowest BCUT2D eigenvalue weighted by Crippen LogP contribution is -2.27. The minimum atomic E-state index is -0.552. The van der Waals surface area contributed by atoms with Crippen LogP contribution < -0.4 is 23.7 Å². The number of aromatic nitrogens is 2. The van der Waals surface area contributed by atoms with Crippen LogP contribution >= 0.6 is 11.6 Å². The van der Waals surface area contributed by atoms with E-state index in [0.29, 0.717) is 54.4 Å². The molecule has 0 bridgehead atoms. The first-order valence-electron chi connectivity index (χ1n) is 23.9. The number of halogens is 1. The van der Waals surface area contributed by atoms with Gasteiger partial charge in [-0.25, -0.2) is 9.97 Å². The summed E-state index contributed by atoms with van der Waals surface area (Å²) in [6, 6.07) is 53.1. The van der Waals surface area contributed by atoms with E-state index in [2.05, 4.69) is 61.1 Å². The highest BCUT2D eigenvalue weighted by Gasteiger charge is 2.21. The fourth-order valence-electron chi connectivity index (χ4n) is 7.92. The number of pyridine rings is 2. The van der Waals surface area contributed by atoms with Crippen molar-refractivity contribution in [3.05, 3.63) is 197 Å². The smallest absolute Gasteiger partial charge is 0.170 e. The topological polar surface area (TPSA) is 106 Å². The minimum absolute atomic E-state index is 0.0266. The highest BCUT2D eigenvalue weighted by atomic mass is 35.5. The highest BCUT2D eigenvalue weighted by Crippen LogP contribution is 2.32. The normalized spacial score (nSPS) is 11.9. The summed E-state index contributed by atoms with van der Waals surface area (Å²) in [6.45, 7) is 10.9. The Morgan fingerprint density at radius 3 is 1.60 bits per heavy atom.